The molecule has 1 saturated heterocycles. The monoisotopic (exact) mass is 424 g/mol. The van der Waals surface area contributed by atoms with Crippen LogP contribution in [0.25, 0.3) is 11.5 Å². The Morgan fingerprint density at radius 1 is 1.23 bits per heavy atom. The first-order valence-electron chi connectivity index (χ1n) is 10.7. The summed E-state index contributed by atoms with van der Waals surface area (Å²) in [6, 6.07) is 0. The summed E-state index contributed by atoms with van der Waals surface area (Å²) in [6.45, 7) is 8.51. The van der Waals surface area contributed by atoms with Gasteiger partial charge in [-0.3, -0.25) is 4.79 Å². The van der Waals surface area contributed by atoms with Crippen LogP contribution in [-0.2, 0) is 11.3 Å². The van der Waals surface area contributed by atoms with Crippen molar-refractivity contribution in [3.63, 3.8) is 0 Å². The standard InChI is InChI=1S/C21H28N8O2/c1-14-24-12-18(21-26-15(2)27-31-21)19(25-14)29-9-4-6-17(13-29)20(30)23-7-5-10-28-11-8-22-16(28)3/h8,11-12,17H,4-7,9-10,13H2,1-3H3,(H,23,30). The van der Waals surface area contributed by atoms with E-state index < -0.39 is 0 Å². The predicted octanol–water partition coefficient (Wildman–Crippen LogP) is 2.07. The third kappa shape index (κ3) is 4.89. The summed E-state index contributed by atoms with van der Waals surface area (Å²) in [5.74, 6) is 3.35. The van der Waals surface area contributed by atoms with E-state index in [1.165, 1.54) is 0 Å². The second kappa shape index (κ2) is 9.23. The summed E-state index contributed by atoms with van der Waals surface area (Å²) in [7, 11) is 0. The molecule has 1 N–H and O–H groups in total. The van der Waals surface area contributed by atoms with Crippen molar-refractivity contribution in [2.45, 2.75) is 46.6 Å². The fourth-order valence-corrected chi connectivity index (χ4v) is 3.89. The van der Waals surface area contributed by atoms with Gasteiger partial charge in [-0.1, -0.05) is 5.16 Å². The quantitative estimate of drug-likeness (QED) is 0.573. The number of imidazole rings is 1. The summed E-state index contributed by atoms with van der Waals surface area (Å²) in [5.41, 5.74) is 0.697. The second-order valence-corrected chi connectivity index (χ2v) is 7.90. The van der Waals surface area contributed by atoms with Crippen molar-refractivity contribution in [1.82, 2.24) is 35.0 Å². The zero-order valence-corrected chi connectivity index (χ0v) is 18.2. The summed E-state index contributed by atoms with van der Waals surface area (Å²) in [5, 5.41) is 6.97. The first kappa shape index (κ1) is 21.0. The van der Waals surface area contributed by atoms with E-state index in [4.69, 9.17) is 4.52 Å². The molecule has 0 aliphatic carbocycles. The molecule has 1 unspecified atom stereocenters. The SMILES string of the molecule is Cc1noc(-c2cnc(C)nc2N2CCCC(C(=O)NCCCn3ccnc3C)C2)n1. The molecule has 4 heterocycles. The Bertz CT molecular complexity index is 1040. The van der Waals surface area contributed by atoms with E-state index in [1.54, 1.807) is 19.3 Å². The first-order chi connectivity index (χ1) is 15.0. The van der Waals surface area contributed by atoms with Crippen molar-refractivity contribution < 1.29 is 9.32 Å². The maximum Gasteiger partial charge on any atom is 0.263 e. The van der Waals surface area contributed by atoms with Gasteiger partial charge in [0.1, 0.15) is 23.0 Å². The van der Waals surface area contributed by atoms with Gasteiger partial charge in [0.25, 0.3) is 5.89 Å². The molecule has 164 valence electrons. The Morgan fingerprint density at radius 2 is 2.10 bits per heavy atom. The number of hydrogen-bond acceptors (Lipinski definition) is 8. The molecule has 10 nitrogen and oxygen atoms in total. The zero-order chi connectivity index (χ0) is 21.8. The summed E-state index contributed by atoms with van der Waals surface area (Å²) >= 11 is 0. The van der Waals surface area contributed by atoms with Gasteiger partial charge in [-0.05, 0) is 40.0 Å². The Kier molecular flexibility index (Phi) is 6.24. The van der Waals surface area contributed by atoms with Gasteiger partial charge in [-0.2, -0.15) is 4.98 Å². The van der Waals surface area contributed by atoms with Crippen molar-refractivity contribution in [2.75, 3.05) is 24.5 Å². The number of nitrogens with one attached hydrogen (secondary N) is 1. The number of rotatable bonds is 7. The average molecular weight is 425 g/mol. The molecule has 0 spiro atoms. The van der Waals surface area contributed by atoms with Gasteiger partial charge < -0.3 is 19.3 Å². The Balaban J connectivity index is 1.39. The van der Waals surface area contributed by atoms with Crippen LogP contribution in [0.3, 0.4) is 0 Å². The molecular formula is C21H28N8O2. The number of carbonyl (C=O) groups is 1. The van der Waals surface area contributed by atoms with Crippen molar-refractivity contribution in [3.05, 3.63) is 36.1 Å². The maximum atomic E-state index is 12.8. The van der Waals surface area contributed by atoms with Crippen molar-refractivity contribution in [2.24, 2.45) is 5.92 Å². The van der Waals surface area contributed by atoms with Gasteiger partial charge >= 0.3 is 0 Å². The van der Waals surface area contributed by atoms with E-state index in [1.807, 2.05) is 20.0 Å². The highest BCUT2D eigenvalue weighted by Crippen LogP contribution is 2.30. The molecule has 1 aliphatic heterocycles. The molecule has 3 aromatic heterocycles. The molecular weight excluding hydrogens is 396 g/mol. The summed E-state index contributed by atoms with van der Waals surface area (Å²) in [6.07, 6.45) is 8.11. The molecule has 1 aliphatic rings. The Labute approximate surface area is 181 Å². The van der Waals surface area contributed by atoms with Crippen LogP contribution in [0.1, 0.15) is 36.7 Å². The third-order valence-electron chi connectivity index (χ3n) is 5.54. The number of carbonyl (C=O) groups excluding carboxylic acids is 1. The molecule has 1 amide bonds. The van der Waals surface area contributed by atoms with Gasteiger partial charge in [-0.15, -0.1) is 0 Å². The molecule has 1 atom stereocenters. The van der Waals surface area contributed by atoms with Crippen LogP contribution in [0, 0.1) is 26.7 Å². The lowest BCUT2D eigenvalue weighted by Gasteiger charge is -2.33. The highest BCUT2D eigenvalue weighted by molar-refractivity contribution is 5.80. The Morgan fingerprint density at radius 3 is 2.84 bits per heavy atom. The molecule has 10 heteroatoms. The topological polar surface area (TPSA) is 115 Å². The van der Waals surface area contributed by atoms with Crippen LogP contribution in [-0.4, -0.2) is 55.2 Å². The van der Waals surface area contributed by atoms with Crippen molar-refractivity contribution in [1.29, 1.82) is 0 Å². The van der Waals surface area contributed by atoms with Gasteiger partial charge in [0.05, 0.1) is 5.92 Å². The predicted molar refractivity (Wildman–Crippen MR) is 114 cm³/mol. The normalized spacial score (nSPS) is 16.5. The van der Waals surface area contributed by atoms with E-state index >= 15 is 0 Å². The smallest absolute Gasteiger partial charge is 0.263 e. The number of aromatic nitrogens is 6. The molecule has 31 heavy (non-hydrogen) atoms. The lowest BCUT2D eigenvalue weighted by molar-refractivity contribution is -0.125. The van der Waals surface area contributed by atoms with Crippen molar-refractivity contribution >= 4 is 11.7 Å². The highest BCUT2D eigenvalue weighted by atomic mass is 16.5. The number of amides is 1. The minimum atomic E-state index is -0.0868. The first-order valence-corrected chi connectivity index (χ1v) is 10.7. The largest absolute Gasteiger partial charge is 0.356 e. The summed E-state index contributed by atoms with van der Waals surface area (Å²) < 4.78 is 7.44. The number of hydrogen-bond donors (Lipinski definition) is 1. The lowest BCUT2D eigenvalue weighted by atomic mass is 9.96. The Hall–Kier alpha value is -3.30. The number of anilines is 1. The van der Waals surface area contributed by atoms with Crippen LogP contribution in [0.2, 0.25) is 0 Å². The van der Waals surface area contributed by atoms with E-state index in [2.05, 4.69) is 39.9 Å². The fraction of sp³-hybridized carbons (Fsp3) is 0.524. The fourth-order valence-electron chi connectivity index (χ4n) is 3.89. The molecule has 4 rings (SSSR count). The molecule has 1 fully saturated rings. The second-order valence-electron chi connectivity index (χ2n) is 7.90. The van der Waals surface area contributed by atoms with Crippen molar-refractivity contribution in [3.8, 4) is 11.5 Å². The number of piperidine rings is 1. The third-order valence-corrected chi connectivity index (χ3v) is 5.54. The minimum Gasteiger partial charge on any atom is -0.356 e. The van der Waals surface area contributed by atoms with Gasteiger partial charge in [0.15, 0.2) is 5.82 Å². The van der Waals surface area contributed by atoms with Crippen LogP contribution in [0.15, 0.2) is 23.1 Å². The van der Waals surface area contributed by atoms with E-state index in [-0.39, 0.29) is 11.8 Å². The molecule has 3 aromatic rings. The van der Waals surface area contributed by atoms with Crippen LogP contribution in [0.4, 0.5) is 5.82 Å². The summed E-state index contributed by atoms with van der Waals surface area (Å²) in [4.78, 5) is 32.4. The van der Waals surface area contributed by atoms with Gasteiger partial charge in [0.2, 0.25) is 5.91 Å². The van der Waals surface area contributed by atoms with E-state index in [9.17, 15) is 4.79 Å². The molecule has 0 bridgehead atoms. The minimum absolute atomic E-state index is 0.0868. The highest BCUT2D eigenvalue weighted by Gasteiger charge is 2.29. The molecule has 0 saturated carbocycles. The van der Waals surface area contributed by atoms with Crippen LogP contribution >= 0.6 is 0 Å². The average Bonchev–Trinajstić information content (AvgIpc) is 3.39. The molecule has 0 aromatic carbocycles. The number of aryl methyl sites for hydroxylation is 4. The maximum absolute atomic E-state index is 12.8. The van der Waals surface area contributed by atoms with Crippen LogP contribution in [0.5, 0.6) is 0 Å². The van der Waals surface area contributed by atoms with E-state index in [0.29, 0.717) is 36.2 Å². The van der Waals surface area contributed by atoms with Crippen LogP contribution < -0.4 is 10.2 Å². The van der Waals surface area contributed by atoms with Gasteiger partial charge in [0, 0.05) is 44.8 Å². The lowest BCUT2D eigenvalue weighted by Crippen LogP contribution is -2.44. The molecule has 0 radical (unpaired) electrons. The number of nitrogens with zero attached hydrogens (tertiary/aromatic N) is 7. The van der Waals surface area contributed by atoms with Gasteiger partial charge in [-0.25, -0.2) is 15.0 Å². The van der Waals surface area contributed by atoms with E-state index in [0.717, 1.165) is 44.0 Å². The zero-order valence-electron chi connectivity index (χ0n) is 18.2.